The second kappa shape index (κ2) is 7.70. The van der Waals surface area contributed by atoms with Gasteiger partial charge in [0.2, 0.25) is 0 Å². The number of amides is 1. The number of aromatic nitrogens is 1. The molecule has 2 aromatic rings. The number of thiazole rings is 1. The zero-order chi connectivity index (χ0) is 15.9. The molecule has 0 unspecified atom stereocenters. The van der Waals surface area contributed by atoms with Gasteiger partial charge in [0, 0.05) is 11.4 Å². The molecular weight excluding hydrogens is 300 g/mol. The van der Waals surface area contributed by atoms with Crippen molar-refractivity contribution in [3.63, 3.8) is 0 Å². The molecule has 0 saturated carbocycles. The number of rotatable bonds is 7. The molecule has 5 nitrogen and oxygen atoms in total. The van der Waals surface area contributed by atoms with Gasteiger partial charge in [0.15, 0.2) is 0 Å². The summed E-state index contributed by atoms with van der Waals surface area (Å²) in [4.78, 5) is 27.2. The van der Waals surface area contributed by atoms with Crippen molar-refractivity contribution in [3.05, 3.63) is 52.5 Å². The average molecular weight is 318 g/mol. The predicted octanol–water partition coefficient (Wildman–Crippen LogP) is 2.60. The molecule has 1 heterocycles. The molecule has 2 rings (SSSR count). The van der Waals surface area contributed by atoms with Crippen LogP contribution < -0.4 is 5.32 Å². The van der Waals surface area contributed by atoms with Crippen LogP contribution in [-0.4, -0.2) is 28.0 Å². The first-order valence-corrected chi connectivity index (χ1v) is 7.96. The van der Waals surface area contributed by atoms with Crippen molar-refractivity contribution in [1.82, 2.24) is 10.3 Å². The minimum absolute atomic E-state index is 0.248. The lowest BCUT2D eigenvalue weighted by Gasteiger charge is -2.20. The Kier molecular flexibility index (Phi) is 5.66. The van der Waals surface area contributed by atoms with Crippen molar-refractivity contribution in [2.75, 3.05) is 0 Å². The van der Waals surface area contributed by atoms with Gasteiger partial charge in [-0.15, -0.1) is 11.3 Å². The van der Waals surface area contributed by atoms with Gasteiger partial charge in [0.1, 0.15) is 5.69 Å². The number of carboxylic acid groups (broad SMARTS) is 1. The fourth-order valence-corrected chi connectivity index (χ4v) is 2.74. The maximum Gasteiger partial charge on any atom is 0.306 e. The van der Waals surface area contributed by atoms with E-state index in [9.17, 15) is 9.59 Å². The fourth-order valence-electron chi connectivity index (χ4n) is 2.20. The highest BCUT2D eigenvalue weighted by Gasteiger charge is 2.21. The lowest BCUT2D eigenvalue weighted by atomic mass is 9.96. The summed E-state index contributed by atoms with van der Waals surface area (Å²) in [6.07, 6.45) is 0.967. The van der Waals surface area contributed by atoms with E-state index in [2.05, 4.69) is 10.3 Å². The van der Waals surface area contributed by atoms with Gasteiger partial charge < -0.3 is 10.4 Å². The number of benzene rings is 1. The Hall–Kier alpha value is -2.21. The molecule has 2 N–H and O–H groups in total. The van der Waals surface area contributed by atoms with Crippen molar-refractivity contribution in [3.8, 4) is 0 Å². The van der Waals surface area contributed by atoms with Crippen LogP contribution in [0.25, 0.3) is 0 Å². The molecule has 0 fully saturated rings. The summed E-state index contributed by atoms with van der Waals surface area (Å²) in [5.41, 5.74) is 3.02. The Bertz CT molecular complexity index is 614. The number of carbonyl (C=O) groups is 2. The largest absolute Gasteiger partial charge is 0.481 e. The highest BCUT2D eigenvalue weighted by atomic mass is 32.1. The highest BCUT2D eigenvalue weighted by molar-refractivity contribution is 7.07. The van der Waals surface area contributed by atoms with Crippen molar-refractivity contribution < 1.29 is 14.7 Å². The van der Waals surface area contributed by atoms with E-state index >= 15 is 0 Å². The van der Waals surface area contributed by atoms with Crippen LogP contribution in [0, 0.1) is 5.92 Å². The molecule has 0 aliphatic heterocycles. The normalized spacial score (nSPS) is 13.3. The Labute approximate surface area is 133 Å². The zero-order valence-corrected chi connectivity index (χ0v) is 13.0. The summed E-state index contributed by atoms with van der Waals surface area (Å²) >= 11 is 1.35. The summed E-state index contributed by atoms with van der Waals surface area (Å²) in [5, 5.41) is 13.7. The quantitative estimate of drug-likeness (QED) is 0.822. The standard InChI is InChI=1S/C16H18N2O3S/c1-11(16(20)21)7-13(8-12-5-3-2-4-6-12)18-15(19)14-9-22-10-17-14/h2-6,9-11,13H,7-8H2,1H3,(H,18,19)(H,20,21)/t11-,13+/m0/s1. The summed E-state index contributed by atoms with van der Waals surface area (Å²) in [5.74, 6) is -1.65. The van der Waals surface area contributed by atoms with Crippen LogP contribution in [0.2, 0.25) is 0 Å². The summed E-state index contributed by atoms with van der Waals surface area (Å²) in [6.45, 7) is 1.65. The maximum atomic E-state index is 12.1. The van der Waals surface area contributed by atoms with Gasteiger partial charge >= 0.3 is 5.97 Å². The molecule has 0 aliphatic carbocycles. The monoisotopic (exact) mass is 318 g/mol. The first kappa shape index (κ1) is 16.2. The smallest absolute Gasteiger partial charge is 0.306 e. The van der Waals surface area contributed by atoms with E-state index in [1.807, 2.05) is 30.3 Å². The Morgan fingerprint density at radius 2 is 2.05 bits per heavy atom. The van der Waals surface area contributed by atoms with Gasteiger partial charge in [-0.05, 0) is 18.4 Å². The molecule has 0 radical (unpaired) electrons. The van der Waals surface area contributed by atoms with E-state index in [-0.39, 0.29) is 11.9 Å². The van der Waals surface area contributed by atoms with Crippen LogP contribution in [0.5, 0.6) is 0 Å². The van der Waals surface area contributed by atoms with Gasteiger partial charge in [-0.3, -0.25) is 9.59 Å². The van der Waals surface area contributed by atoms with Gasteiger partial charge in [0.05, 0.1) is 11.4 Å². The number of carbonyl (C=O) groups excluding carboxylic acids is 1. The molecule has 2 atom stereocenters. The topological polar surface area (TPSA) is 79.3 Å². The molecule has 0 spiro atoms. The van der Waals surface area contributed by atoms with E-state index in [0.717, 1.165) is 5.56 Å². The third kappa shape index (κ3) is 4.66. The van der Waals surface area contributed by atoms with Crippen molar-refractivity contribution in [2.24, 2.45) is 5.92 Å². The van der Waals surface area contributed by atoms with Crippen LogP contribution in [0.15, 0.2) is 41.2 Å². The number of hydrogen-bond donors (Lipinski definition) is 2. The molecule has 22 heavy (non-hydrogen) atoms. The van der Waals surface area contributed by atoms with Crippen LogP contribution in [0.3, 0.4) is 0 Å². The number of hydrogen-bond acceptors (Lipinski definition) is 4. The third-order valence-electron chi connectivity index (χ3n) is 3.38. The minimum Gasteiger partial charge on any atom is -0.481 e. The highest BCUT2D eigenvalue weighted by Crippen LogP contribution is 2.13. The second-order valence-electron chi connectivity index (χ2n) is 5.21. The third-order valence-corrected chi connectivity index (χ3v) is 3.97. The minimum atomic E-state index is -0.860. The first-order valence-electron chi connectivity index (χ1n) is 7.02. The maximum absolute atomic E-state index is 12.1. The number of carboxylic acids is 1. The van der Waals surface area contributed by atoms with E-state index in [1.165, 1.54) is 11.3 Å². The second-order valence-corrected chi connectivity index (χ2v) is 5.93. The number of aliphatic carboxylic acids is 1. The van der Waals surface area contributed by atoms with E-state index < -0.39 is 11.9 Å². The molecule has 0 bridgehead atoms. The summed E-state index contributed by atoms with van der Waals surface area (Å²) in [6, 6.07) is 9.46. The molecule has 1 aromatic heterocycles. The fraction of sp³-hybridized carbons (Fsp3) is 0.312. The molecular formula is C16H18N2O3S. The SMILES string of the molecule is C[C@@H](C[C@H](Cc1ccccc1)NC(=O)c1cscn1)C(=O)O. The van der Waals surface area contributed by atoms with Gasteiger partial charge in [0.25, 0.3) is 5.91 Å². The lowest BCUT2D eigenvalue weighted by Crippen LogP contribution is -2.38. The summed E-state index contributed by atoms with van der Waals surface area (Å²) in [7, 11) is 0. The van der Waals surface area contributed by atoms with Crippen molar-refractivity contribution in [2.45, 2.75) is 25.8 Å². The van der Waals surface area contributed by atoms with Crippen molar-refractivity contribution >= 4 is 23.2 Å². The van der Waals surface area contributed by atoms with Crippen LogP contribution in [0.4, 0.5) is 0 Å². The number of nitrogens with one attached hydrogen (secondary N) is 1. The number of nitrogens with zero attached hydrogens (tertiary/aromatic N) is 1. The van der Waals surface area contributed by atoms with Crippen molar-refractivity contribution in [1.29, 1.82) is 0 Å². The Morgan fingerprint density at radius 1 is 1.32 bits per heavy atom. The van der Waals surface area contributed by atoms with E-state index in [0.29, 0.717) is 18.5 Å². The van der Waals surface area contributed by atoms with Gasteiger partial charge in [-0.2, -0.15) is 0 Å². The zero-order valence-electron chi connectivity index (χ0n) is 12.2. The van der Waals surface area contributed by atoms with Crippen LogP contribution >= 0.6 is 11.3 Å². The lowest BCUT2D eigenvalue weighted by molar-refractivity contribution is -0.141. The van der Waals surface area contributed by atoms with Gasteiger partial charge in [-0.25, -0.2) is 4.98 Å². The van der Waals surface area contributed by atoms with E-state index in [1.54, 1.807) is 17.8 Å². The molecule has 0 saturated heterocycles. The Balaban J connectivity index is 2.07. The van der Waals surface area contributed by atoms with Crippen LogP contribution in [0.1, 0.15) is 29.4 Å². The first-order chi connectivity index (χ1) is 10.6. The summed E-state index contributed by atoms with van der Waals surface area (Å²) < 4.78 is 0. The molecule has 6 heteroatoms. The Morgan fingerprint density at radius 3 is 2.64 bits per heavy atom. The predicted molar refractivity (Wildman–Crippen MR) is 84.9 cm³/mol. The average Bonchev–Trinajstić information content (AvgIpc) is 3.02. The van der Waals surface area contributed by atoms with Crippen LogP contribution in [-0.2, 0) is 11.2 Å². The van der Waals surface area contributed by atoms with E-state index in [4.69, 9.17) is 5.11 Å². The molecule has 1 amide bonds. The molecule has 116 valence electrons. The molecule has 0 aliphatic rings. The van der Waals surface area contributed by atoms with Gasteiger partial charge in [-0.1, -0.05) is 37.3 Å². The molecule has 1 aromatic carbocycles.